The highest BCUT2D eigenvalue weighted by molar-refractivity contribution is 5.90. The quantitative estimate of drug-likeness (QED) is 0.568. The van der Waals surface area contributed by atoms with Gasteiger partial charge in [-0.2, -0.15) is 5.10 Å². The van der Waals surface area contributed by atoms with E-state index >= 15 is 0 Å². The van der Waals surface area contributed by atoms with Crippen molar-refractivity contribution in [1.82, 2.24) is 20.0 Å². The Balaban J connectivity index is 1.33. The normalized spacial score (nSPS) is 17.5. The van der Waals surface area contributed by atoms with Gasteiger partial charge in [-0.1, -0.05) is 48.5 Å². The van der Waals surface area contributed by atoms with E-state index in [-0.39, 0.29) is 12.5 Å². The second kappa shape index (κ2) is 9.25. The summed E-state index contributed by atoms with van der Waals surface area (Å²) in [5.74, 6) is -1.66. The van der Waals surface area contributed by atoms with Crippen LogP contribution >= 0.6 is 0 Å². The molecule has 2 heterocycles. The molecule has 5 rings (SSSR count). The SMILES string of the molecule is Cn1cc(C(NC(=O)OCC2c3ccccc3-c3ccccc32)C(=O)N2CCC[C@H]2C(=O)O)cn1. The number of nitrogens with zero attached hydrogens (tertiary/aromatic N) is 3. The van der Waals surface area contributed by atoms with Gasteiger partial charge in [-0.15, -0.1) is 0 Å². The highest BCUT2D eigenvalue weighted by Gasteiger charge is 2.39. The molecular formula is C26H26N4O5. The van der Waals surface area contributed by atoms with Crippen molar-refractivity contribution in [3.63, 3.8) is 0 Å². The Morgan fingerprint density at radius 3 is 2.37 bits per heavy atom. The van der Waals surface area contributed by atoms with E-state index in [1.54, 1.807) is 13.2 Å². The lowest BCUT2D eigenvalue weighted by Gasteiger charge is -2.26. The van der Waals surface area contributed by atoms with Crippen molar-refractivity contribution in [2.75, 3.05) is 13.2 Å². The molecule has 9 nitrogen and oxygen atoms in total. The number of amides is 2. The van der Waals surface area contributed by atoms with Crippen LogP contribution in [0.4, 0.5) is 4.79 Å². The third kappa shape index (κ3) is 4.25. The van der Waals surface area contributed by atoms with Crippen LogP contribution in [0.25, 0.3) is 11.1 Å². The predicted molar refractivity (Wildman–Crippen MR) is 127 cm³/mol. The maximum atomic E-state index is 13.3. The van der Waals surface area contributed by atoms with E-state index in [1.807, 2.05) is 36.4 Å². The van der Waals surface area contributed by atoms with E-state index in [2.05, 4.69) is 22.5 Å². The van der Waals surface area contributed by atoms with Gasteiger partial charge in [-0.3, -0.25) is 9.48 Å². The molecule has 9 heteroatoms. The molecule has 0 spiro atoms. The lowest BCUT2D eigenvalue weighted by Crippen LogP contribution is -2.47. The molecule has 2 aliphatic rings. The van der Waals surface area contributed by atoms with Gasteiger partial charge in [-0.25, -0.2) is 9.59 Å². The number of aromatic nitrogens is 2. The summed E-state index contributed by atoms with van der Waals surface area (Å²) < 4.78 is 7.14. The number of hydrogen-bond acceptors (Lipinski definition) is 5. The number of carboxylic acids is 1. The van der Waals surface area contributed by atoms with E-state index in [0.29, 0.717) is 24.9 Å². The maximum absolute atomic E-state index is 13.3. The summed E-state index contributed by atoms with van der Waals surface area (Å²) in [4.78, 5) is 39.2. The summed E-state index contributed by atoms with van der Waals surface area (Å²) in [5, 5.41) is 16.3. The third-order valence-electron chi connectivity index (χ3n) is 6.73. The Hall–Kier alpha value is -4.14. The number of aryl methyl sites for hydroxylation is 1. The van der Waals surface area contributed by atoms with Crippen LogP contribution in [0.1, 0.15) is 41.5 Å². The first-order valence-corrected chi connectivity index (χ1v) is 11.6. The molecule has 0 bridgehead atoms. The molecule has 1 saturated heterocycles. The lowest BCUT2D eigenvalue weighted by molar-refractivity contribution is -0.149. The number of carboxylic acid groups (broad SMARTS) is 1. The fourth-order valence-electron chi connectivity index (χ4n) is 5.09. The average Bonchev–Trinajstić information content (AvgIpc) is 3.58. The molecule has 2 aromatic carbocycles. The van der Waals surface area contributed by atoms with Gasteiger partial charge in [0.25, 0.3) is 5.91 Å². The first-order valence-electron chi connectivity index (χ1n) is 11.6. The van der Waals surface area contributed by atoms with Gasteiger partial charge in [0.15, 0.2) is 0 Å². The number of nitrogens with one attached hydrogen (secondary N) is 1. The average molecular weight is 475 g/mol. The highest BCUT2D eigenvalue weighted by Crippen LogP contribution is 2.44. The van der Waals surface area contributed by atoms with Crippen molar-refractivity contribution in [3.05, 3.63) is 77.6 Å². The molecular weight excluding hydrogens is 448 g/mol. The number of aliphatic carboxylic acids is 1. The number of ether oxygens (including phenoxy) is 1. The Kier molecular flexibility index (Phi) is 5.98. The molecule has 0 saturated carbocycles. The maximum Gasteiger partial charge on any atom is 0.408 e. The van der Waals surface area contributed by atoms with Crippen molar-refractivity contribution in [1.29, 1.82) is 0 Å². The summed E-state index contributed by atoms with van der Waals surface area (Å²) >= 11 is 0. The zero-order chi connectivity index (χ0) is 24.5. The first kappa shape index (κ1) is 22.6. The summed E-state index contributed by atoms with van der Waals surface area (Å²) in [6.07, 6.45) is 3.33. The van der Waals surface area contributed by atoms with Crippen molar-refractivity contribution in [2.24, 2.45) is 7.05 Å². The fraction of sp³-hybridized carbons (Fsp3) is 0.308. The number of likely N-dealkylation sites (tertiary alicyclic amines) is 1. The molecule has 1 aliphatic carbocycles. The van der Waals surface area contributed by atoms with Crippen molar-refractivity contribution < 1.29 is 24.2 Å². The molecule has 0 radical (unpaired) electrons. The second-order valence-electron chi connectivity index (χ2n) is 8.88. The molecule has 1 aromatic heterocycles. The molecule has 2 atom stereocenters. The van der Waals surface area contributed by atoms with Gasteiger partial charge in [0.2, 0.25) is 0 Å². The van der Waals surface area contributed by atoms with Gasteiger partial charge in [-0.05, 0) is 35.1 Å². The molecule has 3 aromatic rings. The van der Waals surface area contributed by atoms with Crippen molar-refractivity contribution in [3.8, 4) is 11.1 Å². The van der Waals surface area contributed by atoms with Crippen LogP contribution in [0.3, 0.4) is 0 Å². The topological polar surface area (TPSA) is 114 Å². The Bertz CT molecular complexity index is 1240. The fourth-order valence-corrected chi connectivity index (χ4v) is 5.09. The highest BCUT2D eigenvalue weighted by atomic mass is 16.5. The molecule has 1 fully saturated rings. The van der Waals surface area contributed by atoms with Crippen LogP contribution < -0.4 is 5.32 Å². The van der Waals surface area contributed by atoms with Gasteiger partial charge < -0.3 is 20.1 Å². The number of alkyl carbamates (subject to hydrolysis) is 1. The summed E-state index contributed by atoms with van der Waals surface area (Å²) in [6, 6.07) is 14.1. The largest absolute Gasteiger partial charge is 0.480 e. The number of carbonyl (C=O) groups is 3. The van der Waals surface area contributed by atoms with Crippen LogP contribution in [0.2, 0.25) is 0 Å². The van der Waals surface area contributed by atoms with E-state index in [0.717, 1.165) is 22.3 Å². The lowest BCUT2D eigenvalue weighted by atomic mass is 9.98. The molecule has 2 amide bonds. The first-order chi connectivity index (χ1) is 16.9. The standard InChI is InChI=1S/C26H26N4O5/c1-29-14-16(13-27-29)23(24(31)30-12-6-11-22(30)25(32)33)28-26(34)35-15-21-19-9-4-2-7-17(19)18-8-3-5-10-20(18)21/h2-5,7-10,13-14,21-23H,6,11-12,15H2,1H3,(H,28,34)(H,32,33)/t22-,23?/m0/s1. The Morgan fingerprint density at radius 1 is 1.11 bits per heavy atom. The smallest absolute Gasteiger partial charge is 0.408 e. The van der Waals surface area contributed by atoms with E-state index < -0.39 is 30.1 Å². The minimum absolute atomic E-state index is 0.106. The van der Waals surface area contributed by atoms with Gasteiger partial charge in [0.1, 0.15) is 18.7 Å². The molecule has 180 valence electrons. The van der Waals surface area contributed by atoms with Crippen LogP contribution in [0, 0.1) is 0 Å². The molecule has 1 unspecified atom stereocenters. The minimum Gasteiger partial charge on any atom is -0.480 e. The summed E-state index contributed by atoms with van der Waals surface area (Å²) in [6.45, 7) is 0.425. The van der Waals surface area contributed by atoms with Crippen LogP contribution in [0.5, 0.6) is 0 Å². The number of rotatable bonds is 6. The number of carbonyl (C=O) groups excluding carboxylic acids is 2. The second-order valence-corrected chi connectivity index (χ2v) is 8.88. The van der Waals surface area contributed by atoms with Gasteiger partial charge in [0.05, 0.1) is 6.20 Å². The number of fused-ring (bicyclic) bond motifs is 3. The van der Waals surface area contributed by atoms with Gasteiger partial charge in [0, 0.05) is 31.3 Å². The summed E-state index contributed by atoms with van der Waals surface area (Å²) in [5.41, 5.74) is 4.87. The van der Waals surface area contributed by atoms with E-state index in [1.165, 1.54) is 15.8 Å². The third-order valence-corrected chi connectivity index (χ3v) is 6.73. The van der Waals surface area contributed by atoms with Crippen LogP contribution in [0.15, 0.2) is 60.9 Å². The monoisotopic (exact) mass is 474 g/mol. The molecule has 2 N–H and O–H groups in total. The predicted octanol–water partition coefficient (Wildman–Crippen LogP) is 3.08. The summed E-state index contributed by atoms with van der Waals surface area (Å²) in [7, 11) is 1.70. The Morgan fingerprint density at radius 2 is 1.77 bits per heavy atom. The van der Waals surface area contributed by atoms with E-state index in [4.69, 9.17) is 4.74 Å². The van der Waals surface area contributed by atoms with Crippen LogP contribution in [-0.4, -0.2) is 57.0 Å². The number of hydrogen-bond donors (Lipinski definition) is 2. The van der Waals surface area contributed by atoms with Crippen molar-refractivity contribution >= 4 is 18.0 Å². The number of benzene rings is 2. The Labute approximate surface area is 202 Å². The van der Waals surface area contributed by atoms with Gasteiger partial charge >= 0.3 is 12.1 Å². The van der Waals surface area contributed by atoms with Crippen molar-refractivity contribution in [2.45, 2.75) is 30.8 Å². The minimum atomic E-state index is -1.10. The van der Waals surface area contributed by atoms with E-state index in [9.17, 15) is 19.5 Å². The molecule has 35 heavy (non-hydrogen) atoms. The molecule has 1 aliphatic heterocycles. The zero-order valence-corrected chi connectivity index (χ0v) is 19.3. The zero-order valence-electron chi connectivity index (χ0n) is 19.3. The van der Waals surface area contributed by atoms with Crippen LogP contribution in [-0.2, 0) is 21.4 Å².